The van der Waals surface area contributed by atoms with Crippen molar-refractivity contribution in [2.75, 3.05) is 20.1 Å². The van der Waals surface area contributed by atoms with Gasteiger partial charge in [-0.2, -0.15) is 0 Å². The van der Waals surface area contributed by atoms with Crippen LogP contribution in [0.2, 0.25) is 5.02 Å². The first-order valence-electron chi connectivity index (χ1n) is 9.27. The molecule has 1 fully saturated rings. The lowest BCUT2D eigenvalue weighted by Gasteiger charge is -2.44. The van der Waals surface area contributed by atoms with E-state index < -0.39 is 11.4 Å². The molecule has 2 rings (SSSR count). The van der Waals surface area contributed by atoms with Crippen molar-refractivity contribution < 1.29 is 14.4 Å². The average Bonchev–Trinajstić information content (AvgIpc) is 2.61. The fraction of sp³-hybridized carbons (Fsp3) is 0.550. The van der Waals surface area contributed by atoms with Gasteiger partial charge < -0.3 is 10.6 Å². The molecule has 0 spiro atoms. The van der Waals surface area contributed by atoms with Crippen LogP contribution in [-0.4, -0.2) is 53.6 Å². The Bertz CT molecular complexity index is 722. The van der Waals surface area contributed by atoms with Gasteiger partial charge in [0.2, 0.25) is 11.8 Å². The monoisotopic (exact) mass is 393 g/mol. The summed E-state index contributed by atoms with van der Waals surface area (Å²) in [7, 11) is 1.65. The standard InChI is InChI=1S/C20H28ClN3O3/c1-14(2)24(12-18(22)26)13-19(27)23(3)20(11-7-6-10-17(20)25)15-8-4-5-9-16(15)21/h4-5,8-9,14H,6-7,10-13H2,1-3H3,(H2,22,26). The van der Waals surface area contributed by atoms with E-state index in [9.17, 15) is 14.4 Å². The van der Waals surface area contributed by atoms with Crippen LogP contribution in [0.25, 0.3) is 0 Å². The van der Waals surface area contributed by atoms with Crippen LogP contribution in [0, 0.1) is 0 Å². The quantitative estimate of drug-likeness (QED) is 0.770. The number of hydrogen-bond donors (Lipinski definition) is 1. The second kappa shape index (κ2) is 8.85. The lowest BCUT2D eigenvalue weighted by atomic mass is 9.74. The number of nitrogens with two attached hydrogens (primary N) is 1. The Morgan fingerprint density at radius 2 is 1.89 bits per heavy atom. The van der Waals surface area contributed by atoms with E-state index in [1.54, 1.807) is 18.0 Å². The van der Waals surface area contributed by atoms with Gasteiger partial charge in [-0.1, -0.05) is 29.8 Å². The zero-order valence-corrected chi connectivity index (χ0v) is 17.0. The Morgan fingerprint density at radius 3 is 2.44 bits per heavy atom. The molecule has 148 valence electrons. The Morgan fingerprint density at radius 1 is 1.22 bits per heavy atom. The average molecular weight is 394 g/mol. The second-order valence-electron chi connectivity index (χ2n) is 7.39. The lowest BCUT2D eigenvalue weighted by Crippen LogP contribution is -2.57. The van der Waals surface area contributed by atoms with Crippen LogP contribution in [0.4, 0.5) is 0 Å². The molecule has 2 amide bonds. The van der Waals surface area contributed by atoms with Crippen LogP contribution in [0.15, 0.2) is 24.3 Å². The van der Waals surface area contributed by atoms with E-state index >= 15 is 0 Å². The molecule has 0 saturated heterocycles. The molecule has 0 heterocycles. The molecule has 0 radical (unpaired) electrons. The predicted molar refractivity (Wildman–Crippen MR) is 105 cm³/mol. The highest BCUT2D eigenvalue weighted by Crippen LogP contribution is 2.42. The van der Waals surface area contributed by atoms with E-state index in [1.165, 1.54) is 4.90 Å². The summed E-state index contributed by atoms with van der Waals surface area (Å²) in [5.74, 6) is -0.725. The number of ketones is 1. The van der Waals surface area contributed by atoms with Crippen molar-refractivity contribution >= 4 is 29.2 Å². The van der Waals surface area contributed by atoms with Crippen molar-refractivity contribution in [3.63, 3.8) is 0 Å². The molecule has 0 aromatic heterocycles. The number of halogens is 1. The number of nitrogens with zero attached hydrogens (tertiary/aromatic N) is 2. The Balaban J connectivity index is 2.38. The van der Waals surface area contributed by atoms with E-state index in [1.807, 2.05) is 32.0 Å². The number of hydrogen-bond acceptors (Lipinski definition) is 4. The van der Waals surface area contributed by atoms with Crippen molar-refractivity contribution in [3.05, 3.63) is 34.9 Å². The molecule has 0 bridgehead atoms. The van der Waals surface area contributed by atoms with Crippen molar-refractivity contribution in [3.8, 4) is 0 Å². The zero-order chi connectivity index (χ0) is 20.2. The largest absolute Gasteiger partial charge is 0.369 e. The van der Waals surface area contributed by atoms with Gasteiger partial charge in [-0.05, 0) is 39.2 Å². The molecule has 2 N–H and O–H groups in total. The summed E-state index contributed by atoms with van der Waals surface area (Å²) in [5, 5.41) is 0.477. The third kappa shape index (κ3) is 4.50. The topological polar surface area (TPSA) is 83.7 Å². The highest BCUT2D eigenvalue weighted by molar-refractivity contribution is 6.31. The van der Waals surface area contributed by atoms with E-state index in [-0.39, 0.29) is 30.8 Å². The van der Waals surface area contributed by atoms with E-state index in [2.05, 4.69) is 0 Å². The van der Waals surface area contributed by atoms with Crippen LogP contribution in [0.1, 0.15) is 45.1 Å². The lowest BCUT2D eigenvalue weighted by molar-refractivity contribution is -0.149. The number of carbonyl (C=O) groups excluding carboxylic acids is 3. The first-order chi connectivity index (χ1) is 12.7. The van der Waals surface area contributed by atoms with E-state index in [0.29, 0.717) is 23.4 Å². The van der Waals surface area contributed by atoms with E-state index in [4.69, 9.17) is 17.3 Å². The maximum Gasteiger partial charge on any atom is 0.237 e. The summed E-state index contributed by atoms with van der Waals surface area (Å²) in [5.41, 5.74) is 4.91. The molecule has 1 saturated carbocycles. The molecule has 1 aromatic carbocycles. The highest BCUT2D eigenvalue weighted by atomic mass is 35.5. The number of amides is 2. The minimum atomic E-state index is -1.07. The zero-order valence-electron chi connectivity index (χ0n) is 16.2. The third-order valence-corrected chi connectivity index (χ3v) is 5.68. The number of likely N-dealkylation sites (N-methyl/N-ethyl adjacent to an activating group) is 1. The smallest absolute Gasteiger partial charge is 0.237 e. The van der Waals surface area contributed by atoms with Crippen molar-refractivity contribution in [1.29, 1.82) is 0 Å². The fourth-order valence-corrected chi connectivity index (χ4v) is 4.04. The summed E-state index contributed by atoms with van der Waals surface area (Å²) < 4.78 is 0. The highest BCUT2D eigenvalue weighted by Gasteiger charge is 2.48. The van der Waals surface area contributed by atoms with E-state index in [0.717, 1.165) is 12.8 Å². The van der Waals surface area contributed by atoms with Crippen molar-refractivity contribution in [2.24, 2.45) is 5.73 Å². The summed E-state index contributed by atoms with van der Waals surface area (Å²) in [6.07, 6.45) is 2.60. The minimum absolute atomic E-state index is 0.00342. The molecular formula is C20H28ClN3O3. The maximum atomic E-state index is 13.1. The molecule has 6 nitrogen and oxygen atoms in total. The van der Waals surface area contributed by atoms with Crippen LogP contribution in [-0.2, 0) is 19.9 Å². The number of rotatable bonds is 7. The Labute approximate surface area is 165 Å². The van der Waals surface area contributed by atoms with Gasteiger partial charge in [0, 0.05) is 30.1 Å². The molecule has 1 aromatic rings. The van der Waals surface area contributed by atoms with Gasteiger partial charge >= 0.3 is 0 Å². The molecular weight excluding hydrogens is 366 g/mol. The molecule has 7 heteroatoms. The molecule has 0 aliphatic heterocycles. The number of primary amides is 1. The number of benzene rings is 1. The Kier molecular flexibility index (Phi) is 7.00. The summed E-state index contributed by atoms with van der Waals surface area (Å²) in [6.45, 7) is 3.79. The summed E-state index contributed by atoms with van der Waals surface area (Å²) in [6, 6.07) is 7.16. The number of carbonyl (C=O) groups is 3. The van der Waals surface area contributed by atoms with Crippen LogP contribution in [0.5, 0.6) is 0 Å². The summed E-state index contributed by atoms with van der Waals surface area (Å²) in [4.78, 5) is 40.7. The van der Waals surface area contributed by atoms with Gasteiger partial charge in [-0.15, -0.1) is 0 Å². The van der Waals surface area contributed by atoms with Gasteiger partial charge in [0.15, 0.2) is 5.78 Å². The van der Waals surface area contributed by atoms with Gasteiger partial charge in [-0.25, -0.2) is 0 Å². The second-order valence-corrected chi connectivity index (χ2v) is 7.80. The van der Waals surface area contributed by atoms with Crippen LogP contribution < -0.4 is 5.73 Å². The fourth-order valence-electron chi connectivity index (χ4n) is 3.74. The summed E-state index contributed by atoms with van der Waals surface area (Å²) >= 11 is 6.42. The van der Waals surface area contributed by atoms with Crippen LogP contribution in [0.3, 0.4) is 0 Å². The van der Waals surface area contributed by atoms with Gasteiger partial charge in [0.1, 0.15) is 5.54 Å². The molecule has 27 heavy (non-hydrogen) atoms. The van der Waals surface area contributed by atoms with Gasteiger partial charge in [-0.3, -0.25) is 19.3 Å². The first-order valence-corrected chi connectivity index (χ1v) is 9.65. The van der Waals surface area contributed by atoms with Crippen molar-refractivity contribution in [1.82, 2.24) is 9.80 Å². The molecule has 1 atom stereocenters. The van der Waals surface area contributed by atoms with Gasteiger partial charge in [0.25, 0.3) is 0 Å². The Hall–Kier alpha value is -1.92. The SMILES string of the molecule is CC(C)N(CC(N)=O)CC(=O)N(C)C1(c2ccccc2Cl)CCCCC1=O. The number of Topliss-reactive ketones (excluding diaryl/α,β-unsaturated/α-hetero) is 1. The maximum absolute atomic E-state index is 13.1. The minimum Gasteiger partial charge on any atom is -0.369 e. The van der Waals surface area contributed by atoms with Crippen molar-refractivity contribution in [2.45, 2.75) is 51.1 Å². The predicted octanol–water partition coefficient (Wildman–Crippen LogP) is 2.33. The molecule has 1 aliphatic carbocycles. The molecule has 1 aliphatic rings. The first kappa shape index (κ1) is 21.4. The normalized spacial score (nSPS) is 20.1. The molecule has 1 unspecified atom stereocenters. The van der Waals surface area contributed by atoms with Crippen LogP contribution >= 0.6 is 11.6 Å². The third-order valence-electron chi connectivity index (χ3n) is 5.35. The van der Waals surface area contributed by atoms with Gasteiger partial charge in [0.05, 0.1) is 13.1 Å².